The lowest BCUT2D eigenvalue weighted by Crippen LogP contribution is -2.69. The molecule has 3 aliphatic rings. The molecular weight excluding hydrogens is 244 g/mol. The second-order valence-corrected chi connectivity index (χ2v) is 7.47. The van der Waals surface area contributed by atoms with Crippen molar-refractivity contribution < 1.29 is 20.4 Å². The first kappa shape index (κ1) is 13.6. The second kappa shape index (κ2) is 3.82. The Labute approximate surface area is 113 Å². The summed E-state index contributed by atoms with van der Waals surface area (Å²) in [4.78, 5) is 0. The Hall–Kier alpha value is -0.420. The molecule has 0 aliphatic heterocycles. The van der Waals surface area contributed by atoms with Gasteiger partial charge in [-0.3, -0.25) is 0 Å². The van der Waals surface area contributed by atoms with Gasteiger partial charge in [0.15, 0.2) is 0 Å². The van der Waals surface area contributed by atoms with E-state index in [9.17, 15) is 20.4 Å². The highest BCUT2D eigenvalue weighted by Crippen LogP contribution is 2.63. The van der Waals surface area contributed by atoms with Crippen LogP contribution in [0.5, 0.6) is 0 Å². The van der Waals surface area contributed by atoms with Crippen LogP contribution in [0.2, 0.25) is 0 Å². The SMILES string of the molecule is CC1=C2[C@@H](O)[C@H](O)[C@@]2(CO)[C@@H](O)[C@@H]2CC(C)(C)C[C@H]12. The van der Waals surface area contributed by atoms with Crippen molar-refractivity contribution in [2.24, 2.45) is 22.7 Å². The van der Waals surface area contributed by atoms with Crippen molar-refractivity contribution in [3.05, 3.63) is 11.1 Å². The van der Waals surface area contributed by atoms with E-state index in [-0.39, 0.29) is 23.9 Å². The maximum Gasteiger partial charge on any atom is 0.103 e. The Kier molecular flexibility index (Phi) is 2.72. The molecule has 2 fully saturated rings. The molecule has 0 aromatic heterocycles. The van der Waals surface area contributed by atoms with Crippen LogP contribution in [0.4, 0.5) is 0 Å². The zero-order valence-corrected chi connectivity index (χ0v) is 11.8. The van der Waals surface area contributed by atoms with E-state index in [1.54, 1.807) is 0 Å². The third-order valence-corrected chi connectivity index (χ3v) is 5.88. The van der Waals surface area contributed by atoms with E-state index in [1.807, 2.05) is 6.92 Å². The van der Waals surface area contributed by atoms with Crippen LogP contribution in [0.3, 0.4) is 0 Å². The molecule has 0 spiro atoms. The molecule has 4 nitrogen and oxygen atoms in total. The monoisotopic (exact) mass is 268 g/mol. The molecule has 0 radical (unpaired) electrons. The number of aliphatic hydroxyl groups excluding tert-OH is 4. The fourth-order valence-corrected chi connectivity index (χ4v) is 4.98. The fraction of sp³-hybridized carbons (Fsp3) is 0.867. The molecule has 4 N–H and O–H groups in total. The van der Waals surface area contributed by atoms with Crippen LogP contribution in [0.1, 0.15) is 33.6 Å². The molecule has 4 heteroatoms. The predicted octanol–water partition coefficient (Wildman–Crippen LogP) is 0.444. The third-order valence-electron chi connectivity index (χ3n) is 5.88. The maximum atomic E-state index is 10.7. The fourth-order valence-electron chi connectivity index (χ4n) is 4.98. The van der Waals surface area contributed by atoms with Gasteiger partial charge in [-0.05, 0) is 42.6 Å². The third kappa shape index (κ3) is 1.43. The van der Waals surface area contributed by atoms with E-state index < -0.39 is 23.7 Å². The quantitative estimate of drug-likeness (QED) is 0.520. The molecule has 0 saturated heterocycles. The van der Waals surface area contributed by atoms with E-state index in [0.29, 0.717) is 5.57 Å². The van der Waals surface area contributed by atoms with Gasteiger partial charge in [-0.1, -0.05) is 19.4 Å². The van der Waals surface area contributed by atoms with Gasteiger partial charge in [0.2, 0.25) is 0 Å². The Bertz CT molecular complexity index is 441. The van der Waals surface area contributed by atoms with E-state index in [1.165, 1.54) is 0 Å². The predicted molar refractivity (Wildman–Crippen MR) is 70.2 cm³/mol. The molecule has 19 heavy (non-hydrogen) atoms. The first-order chi connectivity index (χ1) is 8.76. The van der Waals surface area contributed by atoms with Gasteiger partial charge >= 0.3 is 0 Å². The van der Waals surface area contributed by atoms with Crippen LogP contribution >= 0.6 is 0 Å². The van der Waals surface area contributed by atoms with Gasteiger partial charge < -0.3 is 20.4 Å². The van der Waals surface area contributed by atoms with E-state index in [0.717, 1.165) is 18.4 Å². The van der Waals surface area contributed by atoms with Crippen LogP contribution in [-0.4, -0.2) is 45.3 Å². The van der Waals surface area contributed by atoms with Gasteiger partial charge in [0.25, 0.3) is 0 Å². The molecule has 0 aromatic rings. The maximum absolute atomic E-state index is 10.7. The molecule has 0 amide bonds. The zero-order chi connectivity index (χ0) is 14.2. The summed E-state index contributed by atoms with van der Waals surface area (Å²) in [5.74, 6) is 0.342. The van der Waals surface area contributed by atoms with Crippen molar-refractivity contribution in [1.82, 2.24) is 0 Å². The summed E-state index contributed by atoms with van der Waals surface area (Å²) in [6, 6.07) is 0. The van der Waals surface area contributed by atoms with Gasteiger partial charge in [-0.25, -0.2) is 0 Å². The van der Waals surface area contributed by atoms with Crippen molar-refractivity contribution in [2.75, 3.05) is 6.61 Å². The highest BCUT2D eigenvalue weighted by Gasteiger charge is 2.67. The Morgan fingerprint density at radius 2 is 1.74 bits per heavy atom. The summed E-state index contributed by atoms with van der Waals surface area (Å²) < 4.78 is 0. The topological polar surface area (TPSA) is 80.9 Å². The largest absolute Gasteiger partial charge is 0.395 e. The van der Waals surface area contributed by atoms with Crippen molar-refractivity contribution in [3.8, 4) is 0 Å². The van der Waals surface area contributed by atoms with Crippen LogP contribution in [0.25, 0.3) is 0 Å². The lowest BCUT2D eigenvalue weighted by molar-refractivity contribution is -0.196. The number of aliphatic hydroxyl groups is 4. The smallest absolute Gasteiger partial charge is 0.103 e. The first-order valence-corrected chi connectivity index (χ1v) is 7.12. The van der Waals surface area contributed by atoms with Crippen LogP contribution in [-0.2, 0) is 0 Å². The Morgan fingerprint density at radius 1 is 1.11 bits per heavy atom. The van der Waals surface area contributed by atoms with Gasteiger partial charge in [0.05, 0.1) is 24.2 Å². The van der Waals surface area contributed by atoms with Gasteiger partial charge in [-0.15, -0.1) is 0 Å². The number of allylic oxidation sites excluding steroid dienone is 1. The van der Waals surface area contributed by atoms with Gasteiger partial charge in [-0.2, -0.15) is 0 Å². The normalized spacial score (nSPS) is 51.6. The number of hydrogen-bond acceptors (Lipinski definition) is 4. The number of hydrogen-bond donors (Lipinski definition) is 4. The van der Waals surface area contributed by atoms with Crippen LogP contribution in [0, 0.1) is 22.7 Å². The summed E-state index contributed by atoms with van der Waals surface area (Å²) in [6.45, 7) is 6.06. The lowest BCUT2D eigenvalue weighted by atomic mass is 9.49. The first-order valence-electron chi connectivity index (χ1n) is 7.12. The second-order valence-electron chi connectivity index (χ2n) is 7.47. The molecule has 0 heterocycles. The van der Waals surface area contributed by atoms with Crippen molar-refractivity contribution in [1.29, 1.82) is 0 Å². The lowest BCUT2D eigenvalue weighted by Gasteiger charge is -2.60. The molecule has 3 rings (SSSR count). The summed E-state index contributed by atoms with van der Waals surface area (Å²) in [7, 11) is 0. The zero-order valence-electron chi connectivity index (χ0n) is 11.8. The summed E-state index contributed by atoms with van der Waals surface area (Å²) in [5, 5.41) is 40.5. The molecule has 3 aliphatic carbocycles. The van der Waals surface area contributed by atoms with Crippen molar-refractivity contribution in [2.45, 2.75) is 51.9 Å². The van der Waals surface area contributed by atoms with Crippen LogP contribution in [0.15, 0.2) is 11.1 Å². The van der Waals surface area contributed by atoms with Crippen molar-refractivity contribution in [3.63, 3.8) is 0 Å². The highest BCUT2D eigenvalue weighted by atomic mass is 16.3. The average molecular weight is 268 g/mol. The number of rotatable bonds is 1. The molecular formula is C15H24O4. The highest BCUT2D eigenvalue weighted by molar-refractivity contribution is 5.44. The van der Waals surface area contributed by atoms with Crippen LogP contribution < -0.4 is 0 Å². The minimum Gasteiger partial charge on any atom is -0.395 e. The molecule has 0 bridgehead atoms. The summed E-state index contributed by atoms with van der Waals surface area (Å²) >= 11 is 0. The molecule has 2 saturated carbocycles. The standard InChI is InChI=1S/C15H24O4/c1-7-8-4-14(2,3)5-9(8)12(18)15(6-16)10(7)11(17)13(15)19/h8-9,11-13,16-19H,4-6H2,1-3H3/t8-,9-,11-,12+,13+,15-/m1/s1. The molecule has 6 atom stereocenters. The summed E-state index contributed by atoms with van der Waals surface area (Å²) in [6.07, 6.45) is -0.850. The summed E-state index contributed by atoms with van der Waals surface area (Å²) in [5.41, 5.74) is 0.904. The molecule has 108 valence electrons. The van der Waals surface area contributed by atoms with Crippen molar-refractivity contribution >= 4 is 0 Å². The minimum absolute atomic E-state index is 0.0769. The van der Waals surface area contributed by atoms with Gasteiger partial charge in [0.1, 0.15) is 6.10 Å². The molecule has 0 unspecified atom stereocenters. The Morgan fingerprint density at radius 3 is 2.32 bits per heavy atom. The van der Waals surface area contributed by atoms with E-state index >= 15 is 0 Å². The van der Waals surface area contributed by atoms with E-state index in [2.05, 4.69) is 13.8 Å². The van der Waals surface area contributed by atoms with E-state index in [4.69, 9.17) is 0 Å². The molecule has 0 aromatic carbocycles. The Balaban J connectivity index is 2.09. The average Bonchev–Trinajstić information content (AvgIpc) is 2.68. The minimum atomic E-state index is -1.05. The van der Waals surface area contributed by atoms with Gasteiger partial charge in [0, 0.05) is 0 Å². The number of fused-ring (bicyclic) bond motifs is 2.